The van der Waals surface area contributed by atoms with Crippen LogP contribution in [-0.2, 0) is 19.4 Å². The van der Waals surface area contributed by atoms with E-state index in [9.17, 15) is 27.9 Å². The molecule has 5 N–H and O–H groups in total. The van der Waals surface area contributed by atoms with Gasteiger partial charge in [-0.25, -0.2) is 13.4 Å². The molecule has 53 heavy (non-hydrogen) atoms. The number of fused-ring (bicyclic) bond motifs is 1. The Morgan fingerprint density at radius 1 is 0.887 bits per heavy atom. The van der Waals surface area contributed by atoms with Gasteiger partial charge in [0, 0.05) is 17.8 Å². The third-order valence-corrected chi connectivity index (χ3v) is 12.1. The Balaban J connectivity index is 1.34. The molecular formula is C41H51N5O6S. The first-order chi connectivity index (χ1) is 25.2. The van der Waals surface area contributed by atoms with E-state index in [0.29, 0.717) is 18.5 Å². The molecule has 0 spiro atoms. The second kappa shape index (κ2) is 17.0. The van der Waals surface area contributed by atoms with Crippen LogP contribution in [0.1, 0.15) is 69.4 Å². The molecule has 12 heteroatoms. The molecule has 3 aromatic carbocycles. The molecule has 0 radical (unpaired) electrons. The summed E-state index contributed by atoms with van der Waals surface area (Å²) in [4.78, 5) is 45.8. The normalized spacial score (nSPS) is 18.8. The van der Waals surface area contributed by atoms with Gasteiger partial charge in [0.25, 0.3) is 5.91 Å². The predicted octanol–water partition coefficient (Wildman–Crippen LogP) is 4.38. The number of nitrogens with one attached hydrogen (secondary N) is 4. The van der Waals surface area contributed by atoms with Crippen molar-refractivity contribution in [2.75, 3.05) is 13.1 Å². The molecule has 6 atom stereocenters. The van der Waals surface area contributed by atoms with E-state index < -0.39 is 68.4 Å². The number of piperidine rings is 1. The lowest BCUT2D eigenvalue weighted by atomic mass is 9.70. The largest absolute Gasteiger partial charge is 0.389 e. The molecule has 11 nitrogen and oxygen atoms in total. The SMILES string of the molecule is CC(C)[C@H](NC(=O)c1ccc2ccccc2n1)C(=O)NC(C(O)CNC(=O)C1CC(S(=O)(=O)c2ccccc2)CCN1)C(c1ccccc1)C(C)(C)C. The van der Waals surface area contributed by atoms with E-state index in [-0.39, 0.29) is 29.5 Å². The molecule has 1 fully saturated rings. The number of rotatable bonds is 13. The fourth-order valence-electron chi connectivity index (χ4n) is 7.13. The minimum atomic E-state index is -3.65. The quantitative estimate of drug-likeness (QED) is 0.135. The Kier molecular flexibility index (Phi) is 12.7. The van der Waals surface area contributed by atoms with Gasteiger partial charge >= 0.3 is 0 Å². The molecule has 282 valence electrons. The number of benzene rings is 3. The summed E-state index contributed by atoms with van der Waals surface area (Å²) in [6.45, 7) is 9.82. The van der Waals surface area contributed by atoms with E-state index in [2.05, 4.69) is 26.3 Å². The van der Waals surface area contributed by atoms with Crippen LogP contribution in [0.4, 0.5) is 0 Å². The monoisotopic (exact) mass is 741 g/mol. The Bertz CT molecular complexity index is 1980. The molecule has 1 aromatic heterocycles. The minimum absolute atomic E-state index is 0.0792. The fourth-order valence-corrected chi connectivity index (χ4v) is 8.92. The molecule has 4 aromatic rings. The van der Waals surface area contributed by atoms with Gasteiger partial charge in [0.1, 0.15) is 11.7 Å². The van der Waals surface area contributed by atoms with E-state index in [0.717, 1.165) is 10.9 Å². The van der Waals surface area contributed by atoms with Gasteiger partial charge in [-0.2, -0.15) is 0 Å². The van der Waals surface area contributed by atoms with E-state index >= 15 is 0 Å². The van der Waals surface area contributed by atoms with Gasteiger partial charge < -0.3 is 26.4 Å². The van der Waals surface area contributed by atoms with E-state index in [1.165, 1.54) is 0 Å². The lowest BCUT2D eigenvalue weighted by Crippen LogP contribution is -2.59. The van der Waals surface area contributed by atoms with Crippen molar-refractivity contribution in [2.24, 2.45) is 11.3 Å². The van der Waals surface area contributed by atoms with Crippen molar-refractivity contribution in [3.63, 3.8) is 0 Å². The Morgan fingerprint density at radius 3 is 2.19 bits per heavy atom. The average molecular weight is 742 g/mol. The van der Waals surface area contributed by atoms with Crippen molar-refractivity contribution >= 4 is 38.5 Å². The van der Waals surface area contributed by atoms with Crippen LogP contribution in [0.3, 0.4) is 0 Å². The zero-order valence-electron chi connectivity index (χ0n) is 31.0. The minimum Gasteiger partial charge on any atom is -0.389 e. The lowest BCUT2D eigenvalue weighted by Gasteiger charge is -2.41. The molecule has 5 unspecified atom stereocenters. The maximum absolute atomic E-state index is 14.2. The molecule has 0 aliphatic carbocycles. The number of carbonyl (C=O) groups is 3. The van der Waals surface area contributed by atoms with Crippen LogP contribution in [0.2, 0.25) is 0 Å². The summed E-state index contributed by atoms with van der Waals surface area (Å²) in [5.74, 6) is -2.17. The number of nitrogens with zero attached hydrogens (tertiary/aromatic N) is 1. The summed E-state index contributed by atoms with van der Waals surface area (Å²) in [7, 11) is -3.65. The highest BCUT2D eigenvalue weighted by molar-refractivity contribution is 7.92. The van der Waals surface area contributed by atoms with E-state index in [1.54, 1.807) is 42.5 Å². The van der Waals surface area contributed by atoms with Crippen LogP contribution in [-0.4, -0.2) is 78.8 Å². The third kappa shape index (κ3) is 9.67. The van der Waals surface area contributed by atoms with Gasteiger partial charge in [-0.1, -0.05) is 107 Å². The van der Waals surface area contributed by atoms with Gasteiger partial charge in [0.15, 0.2) is 9.84 Å². The van der Waals surface area contributed by atoms with E-state index in [4.69, 9.17) is 0 Å². The molecule has 0 bridgehead atoms. The van der Waals surface area contributed by atoms with Crippen molar-refractivity contribution in [3.8, 4) is 0 Å². The molecule has 1 saturated heterocycles. The van der Waals surface area contributed by atoms with E-state index in [1.807, 2.05) is 89.2 Å². The number of aliphatic hydroxyl groups is 1. The van der Waals surface area contributed by atoms with Crippen LogP contribution < -0.4 is 21.3 Å². The van der Waals surface area contributed by atoms with Crippen LogP contribution in [0.15, 0.2) is 102 Å². The highest BCUT2D eigenvalue weighted by atomic mass is 32.2. The van der Waals surface area contributed by atoms with Crippen LogP contribution in [0.25, 0.3) is 10.9 Å². The predicted molar refractivity (Wildman–Crippen MR) is 206 cm³/mol. The number of aromatic nitrogens is 1. The second-order valence-corrected chi connectivity index (χ2v) is 17.4. The first-order valence-electron chi connectivity index (χ1n) is 18.2. The number of para-hydroxylation sites is 1. The highest BCUT2D eigenvalue weighted by Crippen LogP contribution is 2.39. The zero-order valence-corrected chi connectivity index (χ0v) is 31.8. The Hall–Kier alpha value is -4.65. The van der Waals surface area contributed by atoms with Gasteiger partial charge in [-0.05, 0) is 60.5 Å². The Labute approximate surface area is 312 Å². The number of sulfone groups is 1. The van der Waals surface area contributed by atoms with Gasteiger partial charge in [0.05, 0.1) is 33.8 Å². The number of amides is 3. The summed E-state index contributed by atoms with van der Waals surface area (Å²) < 4.78 is 26.7. The number of aliphatic hydroxyl groups excluding tert-OH is 1. The summed E-state index contributed by atoms with van der Waals surface area (Å²) in [6.07, 6.45) is -0.812. The highest BCUT2D eigenvalue weighted by Gasteiger charge is 2.41. The maximum atomic E-state index is 14.2. The molecular weight excluding hydrogens is 691 g/mol. The molecule has 0 saturated carbocycles. The van der Waals surface area contributed by atoms with Crippen molar-refractivity contribution < 1.29 is 27.9 Å². The average Bonchev–Trinajstić information content (AvgIpc) is 3.15. The number of hydrogen-bond donors (Lipinski definition) is 5. The van der Waals surface area contributed by atoms with Crippen LogP contribution in [0, 0.1) is 11.3 Å². The number of hydrogen-bond acceptors (Lipinski definition) is 8. The molecule has 2 heterocycles. The van der Waals surface area contributed by atoms with Crippen molar-refractivity contribution in [2.45, 2.75) is 87.8 Å². The standard InChI is InChI=1S/C41H51N5O6S/c1-26(2)36(45-39(49)32-21-20-27-14-12-13-19-31(27)44-32)40(50)46-37(35(41(3,4)5)28-15-8-6-9-16-28)34(47)25-43-38(48)33-24-30(22-23-42-33)53(51,52)29-17-10-7-11-18-29/h6-21,26,30,33-37,42,47H,22-25H2,1-5H3,(H,43,48)(H,45,49)(H,46,50)/t30?,33?,34?,35?,36-,37?/m0/s1. The summed E-state index contributed by atoms with van der Waals surface area (Å²) in [5.41, 5.74) is 1.24. The summed E-state index contributed by atoms with van der Waals surface area (Å²) in [6, 6.07) is 26.0. The zero-order chi connectivity index (χ0) is 38.3. The molecule has 5 rings (SSSR count). The van der Waals surface area contributed by atoms with Crippen molar-refractivity contribution in [1.82, 2.24) is 26.3 Å². The molecule has 3 amide bonds. The van der Waals surface area contributed by atoms with Gasteiger partial charge in [-0.15, -0.1) is 0 Å². The lowest BCUT2D eigenvalue weighted by molar-refractivity contribution is -0.126. The van der Waals surface area contributed by atoms with Crippen molar-refractivity contribution in [1.29, 1.82) is 0 Å². The first kappa shape index (κ1) is 39.6. The topological polar surface area (TPSA) is 167 Å². The van der Waals surface area contributed by atoms with Crippen LogP contribution >= 0.6 is 0 Å². The third-order valence-electron chi connectivity index (χ3n) is 9.91. The Morgan fingerprint density at radius 2 is 1.53 bits per heavy atom. The second-order valence-electron chi connectivity index (χ2n) is 15.2. The number of carbonyl (C=O) groups excluding carboxylic acids is 3. The van der Waals surface area contributed by atoms with Crippen LogP contribution in [0.5, 0.6) is 0 Å². The molecule has 1 aliphatic rings. The fraction of sp³-hybridized carbons (Fsp3) is 0.415. The smallest absolute Gasteiger partial charge is 0.270 e. The van der Waals surface area contributed by atoms with Gasteiger partial charge in [-0.3, -0.25) is 14.4 Å². The summed E-state index contributed by atoms with van der Waals surface area (Å²) >= 11 is 0. The van der Waals surface area contributed by atoms with Gasteiger partial charge in [0.2, 0.25) is 11.8 Å². The number of pyridine rings is 1. The van der Waals surface area contributed by atoms with Crippen molar-refractivity contribution in [3.05, 3.63) is 108 Å². The maximum Gasteiger partial charge on any atom is 0.270 e. The summed E-state index contributed by atoms with van der Waals surface area (Å²) in [5, 5.41) is 23.9. The molecule has 1 aliphatic heterocycles. The first-order valence-corrected chi connectivity index (χ1v) is 19.7.